The molecule has 3 N–H and O–H groups in total. The Morgan fingerprint density at radius 3 is 2.11 bits per heavy atom. The van der Waals surface area contributed by atoms with Crippen molar-refractivity contribution >= 4 is 23.3 Å². The van der Waals surface area contributed by atoms with E-state index >= 15 is 0 Å². The third-order valence-electron chi connectivity index (χ3n) is 2.50. The van der Waals surface area contributed by atoms with Crippen LogP contribution in [0.4, 0.5) is 16.2 Å². The van der Waals surface area contributed by atoms with Crippen LogP contribution in [0.2, 0.25) is 0 Å². The molecule has 0 unspecified atom stereocenters. The lowest BCUT2D eigenvalue weighted by atomic mass is 10.2. The lowest BCUT2D eigenvalue weighted by molar-refractivity contribution is -0.112. The molecular formula is C14H19N3O2. The highest BCUT2D eigenvalue weighted by molar-refractivity contribution is 6.03. The number of anilines is 2. The molecule has 0 aliphatic heterocycles. The minimum absolute atomic E-state index is 0.117. The molecule has 1 rings (SSSR count). The summed E-state index contributed by atoms with van der Waals surface area (Å²) in [5, 5.41) is 7.89. The van der Waals surface area contributed by atoms with Crippen LogP contribution >= 0.6 is 0 Å². The average molecular weight is 261 g/mol. The number of urea groups is 1. The second-order valence-electron chi connectivity index (χ2n) is 4.03. The van der Waals surface area contributed by atoms with Gasteiger partial charge in [0, 0.05) is 24.0 Å². The summed E-state index contributed by atoms with van der Waals surface area (Å²) in [7, 11) is 1.55. The van der Waals surface area contributed by atoms with E-state index in [1.165, 1.54) is 0 Å². The Bertz CT molecular complexity index is 478. The standard InChI is InChI=1S/C14H19N3O2/c1-4-5-10(2)13(18)16-11-6-8-12(9-7-11)17-14(19)15-3/h5-9H,4H2,1-3H3,(H,16,18)(H2,15,17,19)/b10-5+. The highest BCUT2D eigenvalue weighted by Gasteiger charge is 2.04. The minimum atomic E-state index is -0.279. The number of nitrogens with one attached hydrogen (secondary N) is 3. The molecule has 0 saturated carbocycles. The Morgan fingerprint density at radius 2 is 1.63 bits per heavy atom. The maximum absolute atomic E-state index is 11.8. The SMILES string of the molecule is CC/C=C(\C)C(=O)Nc1ccc(NC(=O)NC)cc1. The largest absolute Gasteiger partial charge is 0.341 e. The summed E-state index contributed by atoms with van der Waals surface area (Å²) in [5.74, 6) is -0.117. The van der Waals surface area contributed by atoms with Gasteiger partial charge in [-0.2, -0.15) is 0 Å². The van der Waals surface area contributed by atoms with Crippen LogP contribution in [0.25, 0.3) is 0 Å². The van der Waals surface area contributed by atoms with Crippen LogP contribution in [0.1, 0.15) is 20.3 Å². The molecule has 1 aromatic carbocycles. The Balaban J connectivity index is 2.64. The van der Waals surface area contributed by atoms with Gasteiger partial charge in [-0.1, -0.05) is 13.0 Å². The lowest BCUT2D eigenvalue weighted by Gasteiger charge is -2.07. The van der Waals surface area contributed by atoms with E-state index in [0.29, 0.717) is 16.9 Å². The summed E-state index contributed by atoms with van der Waals surface area (Å²) in [6.07, 6.45) is 2.70. The summed E-state index contributed by atoms with van der Waals surface area (Å²) in [4.78, 5) is 22.9. The van der Waals surface area contributed by atoms with Crippen molar-refractivity contribution in [1.82, 2.24) is 5.32 Å². The molecule has 0 atom stereocenters. The quantitative estimate of drug-likeness (QED) is 0.729. The van der Waals surface area contributed by atoms with Crippen LogP contribution in [0.15, 0.2) is 35.9 Å². The van der Waals surface area contributed by atoms with Gasteiger partial charge in [0.25, 0.3) is 5.91 Å². The first-order valence-electron chi connectivity index (χ1n) is 6.13. The topological polar surface area (TPSA) is 70.2 Å². The van der Waals surface area contributed by atoms with E-state index in [4.69, 9.17) is 0 Å². The molecule has 0 aliphatic carbocycles. The first-order valence-corrected chi connectivity index (χ1v) is 6.13. The molecule has 1 aromatic rings. The van der Waals surface area contributed by atoms with Crippen LogP contribution in [-0.4, -0.2) is 19.0 Å². The molecule has 0 aliphatic rings. The van der Waals surface area contributed by atoms with E-state index in [9.17, 15) is 9.59 Å². The Morgan fingerprint density at radius 1 is 1.11 bits per heavy atom. The number of allylic oxidation sites excluding steroid dienone is 1. The van der Waals surface area contributed by atoms with Crippen molar-refractivity contribution in [2.45, 2.75) is 20.3 Å². The van der Waals surface area contributed by atoms with Crippen LogP contribution in [-0.2, 0) is 4.79 Å². The summed E-state index contributed by atoms with van der Waals surface area (Å²) >= 11 is 0. The van der Waals surface area contributed by atoms with Crippen molar-refractivity contribution in [3.63, 3.8) is 0 Å². The molecule has 0 saturated heterocycles. The van der Waals surface area contributed by atoms with Crippen molar-refractivity contribution in [3.8, 4) is 0 Å². The predicted octanol–water partition coefficient (Wildman–Crippen LogP) is 2.73. The van der Waals surface area contributed by atoms with Gasteiger partial charge in [0.05, 0.1) is 0 Å². The lowest BCUT2D eigenvalue weighted by Crippen LogP contribution is -2.24. The van der Waals surface area contributed by atoms with Gasteiger partial charge in [0.15, 0.2) is 0 Å². The molecule has 0 aromatic heterocycles. The number of carbonyl (C=O) groups is 2. The van der Waals surface area contributed by atoms with E-state index in [-0.39, 0.29) is 11.9 Å². The zero-order chi connectivity index (χ0) is 14.3. The fraction of sp³-hybridized carbons (Fsp3) is 0.286. The Kier molecular flexibility index (Phi) is 5.60. The number of amides is 3. The maximum Gasteiger partial charge on any atom is 0.318 e. The number of hydrogen-bond acceptors (Lipinski definition) is 2. The smallest absolute Gasteiger partial charge is 0.318 e. The molecule has 5 nitrogen and oxygen atoms in total. The average Bonchev–Trinajstić information content (AvgIpc) is 2.41. The maximum atomic E-state index is 11.8. The van der Waals surface area contributed by atoms with E-state index in [2.05, 4.69) is 16.0 Å². The van der Waals surface area contributed by atoms with E-state index in [1.807, 2.05) is 13.0 Å². The van der Waals surface area contributed by atoms with E-state index < -0.39 is 0 Å². The molecule has 0 spiro atoms. The van der Waals surface area contributed by atoms with Crippen molar-refractivity contribution in [3.05, 3.63) is 35.9 Å². The number of carbonyl (C=O) groups excluding carboxylic acids is 2. The second kappa shape index (κ2) is 7.20. The van der Waals surface area contributed by atoms with Gasteiger partial charge in [0.1, 0.15) is 0 Å². The fourth-order valence-electron chi connectivity index (χ4n) is 1.46. The van der Waals surface area contributed by atoms with Gasteiger partial charge < -0.3 is 16.0 Å². The normalized spacial score (nSPS) is 10.8. The summed E-state index contributed by atoms with van der Waals surface area (Å²) in [6.45, 7) is 3.76. The van der Waals surface area contributed by atoms with Gasteiger partial charge >= 0.3 is 6.03 Å². The number of rotatable bonds is 4. The first kappa shape index (κ1) is 14.8. The van der Waals surface area contributed by atoms with Gasteiger partial charge in [-0.15, -0.1) is 0 Å². The second-order valence-corrected chi connectivity index (χ2v) is 4.03. The van der Waals surface area contributed by atoms with Crippen LogP contribution in [0.3, 0.4) is 0 Å². The molecule has 102 valence electrons. The van der Waals surface area contributed by atoms with E-state index in [0.717, 1.165) is 6.42 Å². The number of benzene rings is 1. The number of hydrogen-bond donors (Lipinski definition) is 3. The summed E-state index contributed by atoms with van der Waals surface area (Å²) < 4.78 is 0. The first-order chi connectivity index (χ1) is 9.06. The molecule has 5 heteroatoms. The Hall–Kier alpha value is -2.30. The van der Waals surface area contributed by atoms with Crippen molar-refractivity contribution in [1.29, 1.82) is 0 Å². The molecule has 0 bridgehead atoms. The van der Waals surface area contributed by atoms with Gasteiger partial charge in [-0.25, -0.2) is 4.79 Å². The van der Waals surface area contributed by atoms with E-state index in [1.54, 1.807) is 38.2 Å². The monoisotopic (exact) mass is 261 g/mol. The molecule has 0 radical (unpaired) electrons. The third-order valence-corrected chi connectivity index (χ3v) is 2.50. The fourth-order valence-corrected chi connectivity index (χ4v) is 1.46. The molecule has 19 heavy (non-hydrogen) atoms. The van der Waals surface area contributed by atoms with Gasteiger partial charge in [-0.05, 0) is 37.6 Å². The van der Waals surface area contributed by atoms with Crippen LogP contribution in [0.5, 0.6) is 0 Å². The highest BCUT2D eigenvalue weighted by Crippen LogP contribution is 2.14. The molecule has 0 fully saturated rings. The zero-order valence-corrected chi connectivity index (χ0v) is 11.4. The van der Waals surface area contributed by atoms with Crippen molar-refractivity contribution in [2.24, 2.45) is 0 Å². The summed E-state index contributed by atoms with van der Waals surface area (Å²) in [6, 6.07) is 6.65. The summed E-state index contributed by atoms with van der Waals surface area (Å²) in [5.41, 5.74) is 2.05. The molecule has 3 amide bonds. The minimum Gasteiger partial charge on any atom is -0.341 e. The van der Waals surface area contributed by atoms with Crippen molar-refractivity contribution < 1.29 is 9.59 Å². The molecular weight excluding hydrogens is 242 g/mol. The zero-order valence-electron chi connectivity index (χ0n) is 11.4. The third kappa shape index (κ3) is 4.83. The molecule has 0 heterocycles. The highest BCUT2D eigenvalue weighted by atomic mass is 16.2. The van der Waals surface area contributed by atoms with Crippen LogP contribution < -0.4 is 16.0 Å². The predicted molar refractivity (Wildman–Crippen MR) is 77.2 cm³/mol. The van der Waals surface area contributed by atoms with Crippen LogP contribution in [0, 0.1) is 0 Å². The van der Waals surface area contributed by atoms with Crippen molar-refractivity contribution in [2.75, 3.05) is 17.7 Å². The van der Waals surface area contributed by atoms with Gasteiger partial charge in [0.2, 0.25) is 0 Å². The van der Waals surface area contributed by atoms with Gasteiger partial charge in [-0.3, -0.25) is 4.79 Å². The Labute approximate surface area is 113 Å².